The molecule has 0 N–H and O–H groups in total. The summed E-state index contributed by atoms with van der Waals surface area (Å²) < 4.78 is 2.21. The van der Waals surface area contributed by atoms with Crippen LogP contribution in [-0.2, 0) is 0 Å². The van der Waals surface area contributed by atoms with Crippen molar-refractivity contribution in [2.24, 2.45) is 0 Å². The Labute approximate surface area is 368 Å². The number of fused-ring (bicyclic) bond motifs is 4. The third kappa shape index (κ3) is 6.05. The van der Waals surface area contributed by atoms with E-state index in [2.05, 4.69) is 77.4 Å². The van der Waals surface area contributed by atoms with Crippen LogP contribution in [0.1, 0.15) is 0 Å². The molecule has 20 radical (unpaired) electrons. The van der Waals surface area contributed by atoms with Gasteiger partial charge >= 0.3 is 0 Å². The molecule has 61 heavy (non-hydrogen) atoms. The summed E-state index contributed by atoms with van der Waals surface area (Å²) in [7, 11) is 65.6. The van der Waals surface area contributed by atoms with Gasteiger partial charge in [-0.05, 0) is 96.0 Å². The number of benzene rings is 9. The minimum Gasteiger partial charge on any atom is -0.292 e. The quantitative estimate of drug-likeness (QED) is 0.191. The highest BCUT2D eigenvalue weighted by Gasteiger charge is 2.24. The van der Waals surface area contributed by atoms with Gasteiger partial charge in [0.05, 0.1) is 11.0 Å². The summed E-state index contributed by atoms with van der Waals surface area (Å²) in [6, 6.07) is 45.2. The van der Waals surface area contributed by atoms with Crippen LogP contribution in [0.25, 0.3) is 93.8 Å². The van der Waals surface area contributed by atoms with Gasteiger partial charge in [0.15, 0.2) is 0 Å². The Balaban J connectivity index is 1.22. The highest BCUT2D eigenvalue weighted by Crippen LogP contribution is 2.43. The van der Waals surface area contributed by atoms with Gasteiger partial charge in [0.2, 0.25) is 0 Å². The fourth-order valence-corrected chi connectivity index (χ4v) is 8.74. The first kappa shape index (κ1) is 39.0. The lowest BCUT2D eigenvalue weighted by atomic mass is 9.58. The SMILES string of the molecule is [B]c1c([B])c([B])c(-c2c3ccccc3c(-c3c([B])c([B])c([B])c([B])c3[B])c3cc(-c4ccc(-c5nc6ccccc6n5-c5ccc6ccccc6c5)cc4)ccc23)c([B])c1[B]. The molecule has 1 heterocycles. The molecule has 0 atom stereocenters. The highest BCUT2D eigenvalue weighted by atomic mass is 15.1. The predicted molar refractivity (Wildman–Crippen MR) is 269 cm³/mol. The summed E-state index contributed by atoms with van der Waals surface area (Å²) in [6.07, 6.45) is 0. The summed E-state index contributed by atoms with van der Waals surface area (Å²) in [4.78, 5) is 5.13. The minimum absolute atomic E-state index is 0.118. The summed E-state index contributed by atoms with van der Waals surface area (Å²) in [5, 5.41) is 5.36. The van der Waals surface area contributed by atoms with E-state index in [-0.39, 0.29) is 54.6 Å². The number of nitrogens with zero attached hydrogens (tertiary/aromatic N) is 2. The van der Waals surface area contributed by atoms with Crippen molar-refractivity contribution in [1.29, 1.82) is 0 Å². The van der Waals surface area contributed by atoms with E-state index in [1.54, 1.807) is 0 Å². The molecule has 0 aliphatic rings. The Kier molecular flexibility index (Phi) is 9.48. The summed E-state index contributed by atoms with van der Waals surface area (Å²) >= 11 is 0. The van der Waals surface area contributed by atoms with Crippen LogP contribution in [0.2, 0.25) is 0 Å². The molecule has 10 rings (SSSR count). The van der Waals surface area contributed by atoms with Crippen LogP contribution in [0.3, 0.4) is 0 Å². The average Bonchev–Trinajstić information content (AvgIpc) is 3.69. The first-order chi connectivity index (χ1) is 29.4. The van der Waals surface area contributed by atoms with E-state index in [1.165, 1.54) is 5.39 Å². The molecule has 0 unspecified atom stereocenters. The lowest BCUT2D eigenvalue weighted by Crippen LogP contribution is -2.55. The Hall–Kier alpha value is -6.12. The average molecular weight is 747 g/mol. The number of hydrogen-bond donors (Lipinski definition) is 0. The second-order valence-corrected chi connectivity index (χ2v) is 15.3. The first-order valence-electron chi connectivity index (χ1n) is 19.5. The van der Waals surface area contributed by atoms with Crippen molar-refractivity contribution in [3.8, 4) is 50.5 Å². The second-order valence-electron chi connectivity index (χ2n) is 15.3. The standard InChI is InChI=1S/C49H22B10N2/c50-39-37(40(51)44(55)47(58)43(39)54)35-29-9-3-4-10-30(29)36(38-41(52)45(56)48(59)46(57)42(38)53)32-22-27(18-20-31(32)35)24-13-15-25(16-14-24)49-60-33-11-5-6-12-34(33)61(49)28-19-17-23-7-1-2-8-26(23)21-28/h1-22H. The van der Waals surface area contributed by atoms with E-state index in [0.717, 1.165) is 66.2 Å². The van der Waals surface area contributed by atoms with Crippen molar-refractivity contribution in [3.05, 3.63) is 133 Å². The first-order valence-corrected chi connectivity index (χ1v) is 19.5. The Bertz CT molecular complexity index is 3430. The van der Waals surface area contributed by atoms with Gasteiger partial charge in [0.25, 0.3) is 0 Å². The summed E-state index contributed by atoms with van der Waals surface area (Å²) in [5.41, 5.74) is 9.62. The van der Waals surface area contributed by atoms with Gasteiger partial charge in [-0.3, -0.25) is 4.57 Å². The lowest BCUT2D eigenvalue weighted by Gasteiger charge is -2.27. The van der Waals surface area contributed by atoms with Gasteiger partial charge < -0.3 is 0 Å². The maximum atomic E-state index is 6.82. The molecule has 10 aromatic rings. The van der Waals surface area contributed by atoms with E-state index in [9.17, 15) is 0 Å². The molecule has 1 aromatic heterocycles. The summed E-state index contributed by atoms with van der Waals surface area (Å²) in [5.74, 6) is 0.821. The monoisotopic (exact) mass is 748 g/mol. The molecule has 0 saturated carbocycles. The molecule has 0 saturated heterocycles. The molecule has 9 aromatic carbocycles. The molecular formula is C49H22B10N2. The summed E-state index contributed by atoms with van der Waals surface area (Å²) in [6.45, 7) is 0. The van der Waals surface area contributed by atoms with Crippen LogP contribution in [0.4, 0.5) is 0 Å². The van der Waals surface area contributed by atoms with Gasteiger partial charge in [-0.1, -0.05) is 125 Å². The minimum atomic E-state index is 0.118. The largest absolute Gasteiger partial charge is 0.292 e. The van der Waals surface area contributed by atoms with Crippen LogP contribution in [0.5, 0.6) is 0 Å². The van der Waals surface area contributed by atoms with Crippen molar-refractivity contribution < 1.29 is 0 Å². The number of hydrogen-bond acceptors (Lipinski definition) is 1. The molecule has 12 heteroatoms. The lowest BCUT2D eigenvalue weighted by molar-refractivity contribution is 1.11. The number of para-hydroxylation sites is 2. The second kappa shape index (κ2) is 14.8. The van der Waals surface area contributed by atoms with Crippen LogP contribution < -0.4 is 54.6 Å². The molecule has 0 aliphatic heterocycles. The van der Waals surface area contributed by atoms with Crippen molar-refractivity contribution in [2.45, 2.75) is 0 Å². The van der Waals surface area contributed by atoms with Gasteiger partial charge in [0, 0.05) is 11.3 Å². The zero-order valence-electron chi connectivity index (χ0n) is 32.9. The van der Waals surface area contributed by atoms with Crippen LogP contribution >= 0.6 is 0 Å². The number of imidazole rings is 1. The predicted octanol–water partition coefficient (Wildman–Crippen LogP) is 1.09. The molecule has 258 valence electrons. The van der Waals surface area contributed by atoms with E-state index < -0.39 is 0 Å². The molecule has 0 fully saturated rings. The van der Waals surface area contributed by atoms with Crippen LogP contribution in [0, 0.1) is 0 Å². The fraction of sp³-hybridized carbons (Fsp3) is 0. The zero-order valence-corrected chi connectivity index (χ0v) is 32.9. The normalized spacial score (nSPS) is 11.6. The van der Waals surface area contributed by atoms with Crippen molar-refractivity contribution >= 4 is 176 Å². The topological polar surface area (TPSA) is 17.8 Å². The molecule has 2 nitrogen and oxygen atoms in total. The smallest absolute Gasteiger partial charge is 0.145 e. The van der Waals surface area contributed by atoms with E-state index in [1.807, 2.05) is 60.7 Å². The van der Waals surface area contributed by atoms with Crippen molar-refractivity contribution in [2.75, 3.05) is 0 Å². The zero-order chi connectivity index (χ0) is 42.4. The van der Waals surface area contributed by atoms with Crippen LogP contribution in [-0.4, -0.2) is 88.0 Å². The third-order valence-electron chi connectivity index (χ3n) is 12.0. The maximum absolute atomic E-state index is 6.82. The third-order valence-corrected chi connectivity index (χ3v) is 12.0. The Morgan fingerprint density at radius 1 is 0.328 bits per heavy atom. The Morgan fingerprint density at radius 2 is 0.787 bits per heavy atom. The maximum Gasteiger partial charge on any atom is 0.145 e. The molecule has 0 aliphatic carbocycles. The van der Waals surface area contributed by atoms with Crippen molar-refractivity contribution in [1.82, 2.24) is 9.55 Å². The fourth-order valence-electron chi connectivity index (χ4n) is 8.74. The van der Waals surface area contributed by atoms with E-state index in [4.69, 9.17) is 83.4 Å². The van der Waals surface area contributed by atoms with Gasteiger partial charge in [0.1, 0.15) is 84.3 Å². The van der Waals surface area contributed by atoms with Gasteiger partial charge in [-0.25, -0.2) is 4.98 Å². The van der Waals surface area contributed by atoms with Gasteiger partial charge in [-0.15, -0.1) is 32.8 Å². The molecule has 0 amide bonds. The van der Waals surface area contributed by atoms with E-state index in [0.29, 0.717) is 22.3 Å². The molecule has 0 bridgehead atoms. The van der Waals surface area contributed by atoms with E-state index >= 15 is 0 Å². The van der Waals surface area contributed by atoms with Crippen LogP contribution in [0.15, 0.2) is 133 Å². The molecular weight excluding hydrogens is 725 g/mol. The Morgan fingerprint density at radius 3 is 1.39 bits per heavy atom. The number of rotatable bonds is 5. The number of aromatic nitrogens is 2. The molecule has 0 spiro atoms. The van der Waals surface area contributed by atoms with Gasteiger partial charge in [-0.2, -0.15) is 0 Å². The highest BCUT2D eigenvalue weighted by molar-refractivity contribution is 6.70. The van der Waals surface area contributed by atoms with Crippen molar-refractivity contribution in [3.63, 3.8) is 0 Å².